The first-order valence-corrected chi connectivity index (χ1v) is 9.44. The SMILES string of the molecule is Cc1c(C(=O)Nc2ccc(Oc3ccccc3)c(C#N)c2)cnn1-c1ccc(F)cc1. The van der Waals surface area contributed by atoms with Crippen LogP contribution in [-0.2, 0) is 0 Å². The zero-order valence-corrected chi connectivity index (χ0v) is 16.5. The van der Waals surface area contributed by atoms with Gasteiger partial charge in [-0.1, -0.05) is 18.2 Å². The summed E-state index contributed by atoms with van der Waals surface area (Å²) in [6, 6.07) is 21.9. The molecule has 1 aromatic heterocycles. The van der Waals surface area contributed by atoms with Crippen molar-refractivity contribution in [3.8, 4) is 23.3 Å². The standard InChI is InChI=1S/C24H17FN4O2/c1-16-22(15-27-29(16)20-10-7-18(25)8-11-20)24(30)28-19-9-12-23(17(13-19)14-26)31-21-5-3-2-4-6-21/h2-13,15H,1H3,(H,28,30). The summed E-state index contributed by atoms with van der Waals surface area (Å²) in [5, 5.41) is 16.5. The van der Waals surface area contributed by atoms with E-state index in [0.29, 0.717) is 39.7 Å². The lowest BCUT2D eigenvalue weighted by atomic mass is 10.1. The van der Waals surface area contributed by atoms with E-state index >= 15 is 0 Å². The van der Waals surface area contributed by atoms with Crippen LogP contribution >= 0.6 is 0 Å². The molecule has 0 saturated heterocycles. The van der Waals surface area contributed by atoms with Crippen LogP contribution < -0.4 is 10.1 Å². The molecule has 0 fully saturated rings. The van der Waals surface area contributed by atoms with Gasteiger partial charge < -0.3 is 10.1 Å². The second kappa shape index (κ2) is 8.51. The maximum Gasteiger partial charge on any atom is 0.259 e. The Morgan fingerprint density at radius 1 is 1.10 bits per heavy atom. The Morgan fingerprint density at radius 2 is 1.84 bits per heavy atom. The van der Waals surface area contributed by atoms with Gasteiger partial charge in [-0.2, -0.15) is 10.4 Å². The molecule has 1 amide bonds. The fraction of sp³-hybridized carbons (Fsp3) is 0.0417. The average molecular weight is 412 g/mol. The highest BCUT2D eigenvalue weighted by molar-refractivity contribution is 6.05. The fourth-order valence-electron chi connectivity index (χ4n) is 3.07. The van der Waals surface area contributed by atoms with Gasteiger partial charge in [-0.25, -0.2) is 9.07 Å². The van der Waals surface area contributed by atoms with Gasteiger partial charge in [-0.3, -0.25) is 4.79 Å². The van der Waals surface area contributed by atoms with Gasteiger partial charge in [-0.05, 0) is 61.5 Å². The lowest BCUT2D eigenvalue weighted by molar-refractivity contribution is 0.102. The van der Waals surface area contributed by atoms with E-state index < -0.39 is 0 Å². The number of anilines is 1. The highest BCUT2D eigenvalue weighted by Gasteiger charge is 2.16. The van der Waals surface area contributed by atoms with E-state index in [0.717, 1.165) is 0 Å². The summed E-state index contributed by atoms with van der Waals surface area (Å²) >= 11 is 0. The number of nitrogens with zero attached hydrogens (tertiary/aromatic N) is 3. The summed E-state index contributed by atoms with van der Waals surface area (Å²) in [5.74, 6) is 0.289. The van der Waals surface area contributed by atoms with E-state index in [1.165, 1.54) is 18.3 Å². The summed E-state index contributed by atoms with van der Waals surface area (Å²) in [4.78, 5) is 12.8. The number of ether oxygens (including phenoxy) is 1. The number of carbonyl (C=O) groups excluding carboxylic acids is 1. The minimum absolute atomic E-state index is 0.292. The summed E-state index contributed by atoms with van der Waals surface area (Å²) in [7, 11) is 0. The molecule has 1 N–H and O–H groups in total. The molecule has 0 atom stereocenters. The zero-order valence-electron chi connectivity index (χ0n) is 16.5. The molecule has 0 aliphatic rings. The van der Waals surface area contributed by atoms with Crippen molar-refractivity contribution in [2.75, 3.05) is 5.32 Å². The third-order valence-corrected chi connectivity index (χ3v) is 4.65. The molecule has 152 valence electrons. The first kappa shape index (κ1) is 19.9. The Bertz CT molecular complexity index is 1280. The number of amides is 1. The number of rotatable bonds is 5. The molecule has 0 radical (unpaired) electrons. The molecule has 0 bridgehead atoms. The number of para-hydroxylation sites is 1. The maximum atomic E-state index is 13.2. The first-order chi connectivity index (χ1) is 15.0. The highest BCUT2D eigenvalue weighted by Crippen LogP contribution is 2.27. The van der Waals surface area contributed by atoms with Crippen LogP contribution in [0.4, 0.5) is 10.1 Å². The number of nitriles is 1. The topological polar surface area (TPSA) is 79.9 Å². The average Bonchev–Trinajstić information content (AvgIpc) is 3.17. The number of halogens is 1. The molecule has 0 unspecified atom stereocenters. The largest absolute Gasteiger partial charge is 0.456 e. The zero-order chi connectivity index (χ0) is 21.8. The molecule has 0 aliphatic heterocycles. The van der Waals surface area contributed by atoms with Crippen molar-refractivity contribution >= 4 is 11.6 Å². The Morgan fingerprint density at radius 3 is 2.55 bits per heavy atom. The Balaban J connectivity index is 1.54. The molecule has 6 nitrogen and oxygen atoms in total. The van der Waals surface area contributed by atoms with Gasteiger partial charge in [0.05, 0.1) is 28.7 Å². The predicted molar refractivity (Wildman–Crippen MR) is 114 cm³/mol. The minimum Gasteiger partial charge on any atom is -0.456 e. The molecule has 7 heteroatoms. The van der Waals surface area contributed by atoms with E-state index in [1.807, 2.05) is 18.2 Å². The van der Waals surface area contributed by atoms with Gasteiger partial charge in [0.15, 0.2) is 0 Å². The number of aromatic nitrogens is 2. The van der Waals surface area contributed by atoms with Crippen molar-refractivity contribution in [1.29, 1.82) is 5.26 Å². The first-order valence-electron chi connectivity index (χ1n) is 9.44. The van der Waals surface area contributed by atoms with Crippen LogP contribution in [-0.4, -0.2) is 15.7 Å². The van der Waals surface area contributed by atoms with Gasteiger partial charge in [0.1, 0.15) is 23.4 Å². The molecular weight excluding hydrogens is 395 g/mol. The predicted octanol–water partition coefficient (Wildman–Crippen LogP) is 5.24. The van der Waals surface area contributed by atoms with Gasteiger partial charge >= 0.3 is 0 Å². The van der Waals surface area contributed by atoms with Crippen molar-refractivity contribution in [1.82, 2.24) is 9.78 Å². The number of benzene rings is 3. The number of carbonyl (C=O) groups is 1. The Labute approximate surface area is 178 Å². The van der Waals surface area contributed by atoms with Gasteiger partial charge in [-0.15, -0.1) is 0 Å². The molecule has 31 heavy (non-hydrogen) atoms. The number of nitrogens with one attached hydrogen (secondary N) is 1. The molecule has 1 heterocycles. The van der Waals surface area contributed by atoms with Crippen LogP contribution in [0.2, 0.25) is 0 Å². The van der Waals surface area contributed by atoms with Crippen molar-refractivity contribution in [3.05, 3.63) is 102 Å². The van der Waals surface area contributed by atoms with Crippen LogP contribution in [0.1, 0.15) is 21.6 Å². The normalized spacial score (nSPS) is 10.4. The molecule has 0 spiro atoms. The van der Waals surface area contributed by atoms with E-state index in [2.05, 4.69) is 16.5 Å². The van der Waals surface area contributed by atoms with Crippen molar-refractivity contribution in [2.45, 2.75) is 6.92 Å². The minimum atomic E-state index is -0.369. The molecular formula is C24H17FN4O2. The summed E-state index contributed by atoms with van der Waals surface area (Å²) in [6.07, 6.45) is 1.45. The number of hydrogen-bond donors (Lipinski definition) is 1. The third kappa shape index (κ3) is 4.28. The van der Waals surface area contributed by atoms with Crippen molar-refractivity contribution < 1.29 is 13.9 Å². The summed E-state index contributed by atoms with van der Waals surface area (Å²) < 4.78 is 20.5. The van der Waals surface area contributed by atoms with E-state index in [-0.39, 0.29) is 11.7 Å². The van der Waals surface area contributed by atoms with E-state index in [4.69, 9.17) is 4.74 Å². The lowest BCUT2D eigenvalue weighted by Crippen LogP contribution is -2.13. The second-order valence-corrected chi connectivity index (χ2v) is 6.72. The van der Waals surface area contributed by atoms with Crippen LogP contribution in [0.25, 0.3) is 5.69 Å². The van der Waals surface area contributed by atoms with Crippen molar-refractivity contribution in [3.63, 3.8) is 0 Å². The molecule has 0 saturated carbocycles. The third-order valence-electron chi connectivity index (χ3n) is 4.65. The molecule has 4 rings (SSSR count). The van der Waals surface area contributed by atoms with Gasteiger partial charge in [0.25, 0.3) is 5.91 Å². The molecule has 3 aromatic carbocycles. The quantitative estimate of drug-likeness (QED) is 0.486. The van der Waals surface area contributed by atoms with E-state index in [1.54, 1.807) is 54.1 Å². The molecule has 4 aromatic rings. The maximum absolute atomic E-state index is 13.2. The second-order valence-electron chi connectivity index (χ2n) is 6.72. The van der Waals surface area contributed by atoms with E-state index in [9.17, 15) is 14.4 Å². The van der Waals surface area contributed by atoms with Crippen LogP contribution in [0.3, 0.4) is 0 Å². The monoisotopic (exact) mass is 412 g/mol. The summed E-state index contributed by atoms with van der Waals surface area (Å²) in [6.45, 7) is 1.75. The van der Waals surface area contributed by atoms with Crippen LogP contribution in [0.5, 0.6) is 11.5 Å². The summed E-state index contributed by atoms with van der Waals surface area (Å²) in [5.41, 5.74) is 2.37. The fourth-order valence-corrected chi connectivity index (χ4v) is 3.07. The Kier molecular flexibility index (Phi) is 5.45. The number of hydrogen-bond acceptors (Lipinski definition) is 4. The molecule has 0 aliphatic carbocycles. The highest BCUT2D eigenvalue weighted by atomic mass is 19.1. The van der Waals surface area contributed by atoms with Crippen molar-refractivity contribution in [2.24, 2.45) is 0 Å². The smallest absolute Gasteiger partial charge is 0.259 e. The Hall–Kier alpha value is -4.44. The van der Waals surface area contributed by atoms with Crippen LogP contribution in [0.15, 0.2) is 79.0 Å². The van der Waals surface area contributed by atoms with Crippen LogP contribution in [0, 0.1) is 24.1 Å². The lowest BCUT2D eigenvalue weighted by Gasteiger charge is -2.10. The van der Waals surface area contributed by atoms with Gasteiger partial charge in [0.2, 0.25) is 0 Å². The van der Waals surface area contributed by atoms with Gasteiger partial charge in [0, 0.05) is 5.69 Å².